The smallest absolute Gasteiger partial charge is 0.322 e. The van der Waals surface area contributed by atoms with E-state index in [-0.39, 0.29) is 17.0 Å². The van der Waals surface area contributed by atoms with Crippen molar-refractivity contribution in [1.29, 1.82) is 0 Å². The van der Waals surface area contributed by atoms with Crippen LogP contribution in [0.3, 0.4) is 0 Å². The van der Waals surface area contributed by atoms with Gasteiger partial charge >= 0.3 is 6.18 Å². The third-order valence-electron chi connectivity index (χ3n) is 4.20. The monoisotopic (exact) mass is 387 g/mol. The summed E-state index contributed by atoms with van der Waals surface area (Å²) in [5.41, 5.74) is 0.889. The minimum atomic E-state index is -4.47. The van der Waals surface area contributed by atoms with Crippen LogP contribution < -0.4 is 5.32 Å². The van der Waals surface area contributed by atoms with Gasteiger partial charge in [0, 0.05) is 11.3 Å². The number of aromatic nitrogens is 2. The number of rotatable bonds is 4. The molecule has 1 amide bonds. The Balaban J connectivity index is 1.88. The van der Waals surface area contributed by atoms with Crippen LogP contribution >= 0.6 is 0 Å². The first-order chi connectivity index (χ1) is 13.2. The number of carbonyl (C=O) groups excluding carboxylic acids is 2. The molecule has 0 fully saturated rings. The summed E-state index contributed by atoms with van der Waals surface area (Å²) in [7, 11) is 0. The quantitative estimate of drug-likeness (QED) is 0.663. The highest BCUT2D eigenvalue weighted by Crippen LogP contribution is 2.30. The summed E-state index contributed by atoms with van der Waals surface area (Å²) >= 11 is 0. The number of nitrogens with zero attached hydrogens (tertiary/aromatic N) is 2. The standard InChI is InChI=1S/C20H16F3N3O2/c1-12-18(19(28)25-16-7-3-5-14(9-16)13(2)27)11-24-26(12)17-8-4-6-15(10-17)20(21,22)23/h3-11H,1-2H3,(H,25,28). The summed E-state index contributed by atoms with van der Waals surface area (Å²) < 4.78 is 40.1. The van der Waals surface area contributed by atoms with E-state index < -0.39 is 17.6 Å². The van der Waals surface area contributed by atoms with Gasteiger partial charge in [-0.1, -0.05) is 18.2 Å². The number of hydrogen-bond acceptors (Lipinski definition) is 3. The topological polar surface area (TPSA) is 64.0 Å². The molecular weight excluding hydrogens is 371 g/mol. The maximum atomic E-state index is 12.9. The maximum Gasteiger partial charge on any atom is 0.416 e. The largest absolute Gasteiger partial charge is 0.416 e. The molecule has 0 bridgehead atoms. The number of hydrogen-bond donors (Lipinski definition) is 1. The van der Waals surface area contributed by atoms with Gasteiger partial charge in [-0.25, -0.2) is 4.68 Å². The Morgan fingerprint density at radius 1 is 1.07 bits per heavy atom. The maximum absolute atomic E-state index is 12.9. The molecule has 0 saturated carbocycles. The van der Waals surface area contributed by atoms with Crippen molar-refractivity contribution < 1.29 is 22.8 Å². The lowest BCUT2D eigenvalue weighted by Gasteiger charge is -2.10. The molecule has 0 unspecified atom stereocenters. The predicted octanol–water partition coefficient (Wildman–Crippen LogP) is 4.65. The first kappa shape index (κ1) is 19.3. The van der Waals surface area contributed by atoms with Gasteiger partial charge in [0.15, 0.2) is 5.78 Å². The molecule has 0 aliphatic carbocycles. The summed E-state index contributed by atoms with van der Waals surface area (Å²) in [6.45, 7) is 3.01. The van der Waals surface area contributed by atoms with Gasteiger partial charge in [-0.2, -0.15) is 18.3 Å². The summed E-state index contributed by atoms with van der Waals surface area (Å²) in [5, 5.41) is 6.72. The highest BCUT2D eigenvalue weighted by molar-refractivity contribution is 6.05. The molecule has 0 radical (unpaired) electrons. The Bertz CT molecular complexity index is 1050. The summed E-state index contributed by atoms with van der Waals surface area (Å²) in [6, 6.07) is 11.2. The van der Waals surface area contributed by atoms with E-state index >= 15 is 0 Å². The van der Waals surface area contributed by atoms with Crippen molar-refractivity contribution in [2.45, 2.75) is 20.0 Å². The molecule has 0 aliphatic heterocycles. The molecule has 1 heterocycles. The van der Waals surface area contributed by atoms with E-state index in [1.807, 2.05) is 0 Å². The molecule has 8 heteroatoms. The second-order valence-electron chi connectivity index (χ2n) is 6.19. The van der Waals surface area contributed by atoms with E-state index in [9.17, 15) is 22.8 Å². The third kappa shape index (κ3) is 3.95. The Labute approximate surface area is 158 Å². The van der Waals surface area contributed by atoms with E-state index in [1.54, 1.807) is 31.2 Å². The molecule has 0 atom stereocenters. The first-order valence-electron chi connectivity index (χ1n) is 8.31. The zero-order valence-corrected chi connectivity index (χ0v) is 15.0. The Morgan fingerprint density at radius 2 is 1.79 bits per heavy atom. The second kappa shape index (κ2) is 7.30. The lowest BCUT2D eigenvalue weighted by Crippen LogP contribution is -2.13. The molecule has 144 valence electrons. The number of Topliss-reactive ketones (excluding diaryl/α,β-unsaturated/α-hetero) is 1. The van der Waals surface area contributed by atoms with Gasteiger partial charge in [0.25, 0.3) is 5.91 Å². The Kier molecular flexibility index (Phi) is 5.04. The van der Waals surface area contributed by atoms with Gasteiger partial charge in [0.1, 0.15) is 0 Å². The highest BCUT2D eigenvalue weighted by Gasteiger charge is 2.30. The number of ketones is 1. The molecule has 1 N–H and O–H groups in total. The molecule has 0 spiro atoms. The van der Waals surface area contributed by atoms with Crippen LogP contribution in [-0.2, 0) is 6.18 Å². The van der Waals surface area contributed by atoms with Crippen molar-refractivity contribution >= 4 is 17.4 Å². The van der Waals surface area contributed by atoms with Gasteiger partial charge < -0.3 is 5.32 Å². The van der Waals surface area contributed by atoms with Crippen LogP contribution in [0.1, 0.15) is 38.9 Å². The summed E-state index contributed by atoms with van der Waals surface area (Å²) in [5.74, 6) is -0.610. The molecule has 2 aromatic carbocycles. The van der Waals surface area contributed by atoms with Crippen molar-refractivity contribution in [2.75, 3.05) is 5.32 Å². The lowest BCUT2D eigenvalue weighted by molar-refractivity contribution is -0.137. The van der Waals surface area contributed by atoms with E-state index in [2.05, 4.69) is 10.4 Å². The van der Waals surface area contributed by atoms with E-state index in [4.69, 9.17) is 0 Å². The number of halogens is 3. The van der Waals surface area contributed by atoms with Crippen LogP contribution in [-0.4, -0.2) is 21.5 Å². The fourth-order valence-electron chi connectivity index (χ4n) is 2.72. The van der Waals surface area contributed by atoms with Crippen LogP contribution in [0.25, 0.3) is 5.69 Å². The average molecular weight is 387 g/mol. The van der Waals surface area contributed by atoms with Gasteiger partial charge in [0.05, 0.1) is 28.7 Å². The van der Waals surface area contributed by atoms with Crippen molar-refractivity contribution in [3.05, 3.63) is 77.1 Å². The molecule has 28 heavy (non-hydrogen) atoms. The first-order valence-corrected chi connectivity index (χ1v) is 8.31. The number of amides is 1. The summed E-state index contributed by atoms with van der Waals surface area (Å²) in [6.07, 6.45) is -3.18. The Hall–Kier alpha value is -3.42. The number of carbonyl (C=O) groups is 2. The number of anilines is 1. The van der Waals surface area contributed by atoms with Crippen LogP contribution in [0.5, 0.6) is 0 Å². The van der Waals surface area contributed by atoms with Crippen LogP contribution in [0.4, 0.5) is 18.9 Å². The SMILES string of the molecule is CC(=O)c1cccc(NC(=O)c2cnn(-c3cccc(C(F)(F)F)c3)c2C)c1. The minimum absolute atomic E-state index is 0.135. The molecular formula is C20H16F3N3O2. The van der Waals surface area contributed by atoms with Gasteiger partial charge in [-0.15, -0.1) is 0 Å². The fourth-order valence-corrected chi connectivity index (χ4v) is 2.72. The van der Waals surface area contributed by atoms with Gasteiger partial charge in [0.2, 0.25) is 0 Å². The van der Waals surface area contributed by atoms with Crippen LogP contribution in [0.15, 0.2) is 54.7 Å². The van der Waals surface area contributed by atoms with Gasteiger partial charge in [-0.3, -0.25) is 9.59 Å². The highest BCUT2D eigenvalue weighted by atomic mass is 19.4. The van der Waals surface area contributed by atoms with Crippen molar-refractivity contribution in [3.8, 4) is 5.69 Å². The zero-order valence-electron chi connectivity index (χ0n) is 15.0. The van der Waals surface area contributed by atoms with Crippen LogP contribution in [0.2, 0.25) is 0 Å². The number of alkyl halides is 3. The Morgan fingerprint density at radius 3 is 2.46 bits per heavy atom. The fraction of sp³-hybridized carbons (Fsp3) is 0.150. The van der Waals surface area contributed by atoms with Crippen molar-refractivity contribution in [3.63, 3.8) is 0 Å². The third-order valence-corrected chi connectivity index (χ3v) is 4.20. The van der Waals surface area contributed by atoms with E-state index in [0.29, 0.717) is 16.9 Å². The van der Waals surface area contributed by atoms with E-state index in [1.165, 1.54) is 29.9 Å². The molecule has 0 aliphatic rings. The van der Waals surface area contributed by atoms with E-state index in [0.717, 1.165) is 12.1 Å². The summed E-state index contributed by atoms with van der Waals surface area (Å²) in [4.78, 5) is 24.0. The molecule has 0 saturated heterocycles. The molecule has 3 aromatic rings. The minimum Gasteiger partial charge on any atom is -0.322 e. The average Bonchev–Trinajstić information content (AvgIpc) is 3.03. The molecule has 1 aromatic heterocycles. The number of nitrogens with one attached hydrogen (secondary N) is 1. The normalized spacial score (nSPS) is 11.3. The van der Waals surface area contributed by atoms with Crippen molar-refractivity contribution in [2.24, 2.45) is 0 Å². The zero-order chi connectivity index (χ0) is 20.5. The molecule has 5 nitrogen and oxygen atoms in total. The lowest BCUT2D eigenvalue weighted by atomic mass is 10.1. The predicted molar refractivity (Wildman–Crippen MR) is 97.7 cm³/mol. The van der Waals surface area contributed by atoms with Gasteiger partial charge in [-0.05, 0) is 44.2 Å². The van der Waals surface area contributed by atoms with Crippen molar-refractivity contribution in [1.82, 2.24) is 9.78 Å². The molecule has 3 rings (SSSR count). The number of benzene rings is 2. The second-order valence-corrected chi connectivity index (χ2v) is 6.19. The van der Waals surface area contributed by atoms with Crippen LogP contribution in [0, 0.1) is 6.92 Å².